The molecule has 1 rings (SSSR count). The Morgan fingerprint density at radius 1 is 1.44 bits per heavy atom. The van der Waals surface area contributed by atoms with Crippen LogP contribution in [0.5, 0.6) is 0 Å². The molecule has 0 fully saturated rings. The Morgan fingerprint density at radius 2 is 2.11 bits per heavy atom. The van der Waals surface area contributed by atoms with Crippen LogP contribution in [-0.2, 0) is 4.74 Å². The first-order valence-electron chi connectivity index (χ1n) is 6.13. The van der Waals surface area contributed by atoms with Crippen molar-refractivity contribution < 1.29 is 4.74 Å². The van der Waals surface area contributed by atoms with E-state index in [0.717, 1.165) is 11.3 Å². The van der Waals surface area contributed by atoms with Crippen molar-refractivity contribution >= 4 is 5.82 Å². The van der Waals surface area contributed by atoms with E-state index in [4.69, 9.17) is 4.74 Å². The number of rotatable bonds is 5. The number of ether oxygens (including phenoxy) is 1. The topological polar surface area (TPSA) is 57.9 Å². The minimum Gasteiger partial charge on any atom is -0.383 e. The summed E-state index contributed by atoms with van der Waals surface area (Å²) < 4.78 is 5.20. The molecule has 1 aromatic heterocycles. The lowest BCUT2D eigenvalue weighted by Gasteiger charge is -2.23. The predicted molar refractivity (Wildman–Crippen MR) is 72.6 cm³/mol. The molecule has 98 valence electrons. The average Bonchev–Trinajstić information content (AvgIpc) is 2.27. The van der Waals surface area contributed by atoms with Gasteiger partial charge in [-0.2, -0.15) is 5.26 Å². The molecule has 0 spiro atoms. The molecule has 1 N–H and O–H groups in total. The van der Waals surface area contributed by atoms with Crippen LogP contribution < -0.4 is 5.32 Å². The minimum atomic E-state index is 0.149. The largest absolute Gasteiger partial charge is 0.383 e. The van der Waals surface area contributed by atoms with Gasteiger partial charge in [0.2, 0.25) is 0 Å². The number of pyridine rings is 1. The summed E-state index contributed by atoms with van der Waals surface area (Å²) in [5, 5.41) is 12.5. The molecule has 0 aliphatic rings. The van der Waals surface area contributed by atoms with Gasteiger partial charge in [0, 0.05) is 12.8 Å². The number of nitrogens with one attached hydrogen (secondary N) is 1. The summed E-state index contributed by atoms with van der Waals surface area (Å²) in [5.74, 6) is 1.06. The fourth-order valence-electron chi connectivity index (χ4n) is 1.84. The molecule has 0 radical (unpaired) electrons. The molecule has 0 aliphatic heterocycles. The summed E-state index contributed by atoms with van der Waals surface area (Å²) in [4.78, 5) is 4.42. The molecule has 0 aromatic carbocycles. The van der Waals surface area contributed by atoms with E-state index < -0.39 is 0 Å². The van der Waals surface area contributed by atoms with Crippen LogP contribution in [0.2, 0.25) is 0 Å². The number of methoxy groups -OCH3 is 1. The fraction of sp³-hybridized carbons (Fsp3) is 0.571. The third kappa shape index (κ3) is 3.44. The van der Waals surface area contributed by atoms with Crippen LogP contribution in [0.1, 0.15) is 30.7 Å². The molecule has 1 aromatic rings. The van der Waals surface area contributed by atoms with E-state index in [1.165, 1.54) is 0 Å². The summed E-state index contributed by atoms with van der Waals surface area (Å²) in [6.07, 6.45) is 0. The minimum absolute atomic E-state index is 0.149. The summed E-state index contributed by atoms with van der Waals surface area (Å²) in [6, 6.07) is 4.28. The molecule has 1 heterocycles. The van der Waals surface area contributed by atoms with Gasteiger partial charge in [0.25, 0.3) is 0 Å². The summed E-state index contributed by atoms with van der Waals surface area (Å²) in [6.45, 7) is 8.69. The molecule has 0 amide bonds. The second kappa shape index (κ2) is 6.36. The lowest BCUT2D eigenvalue weighted by Crippen LogP contribution is -2.31. The maximum Gasteiger partial charge on any atom is 0.144 e. The summed E-state index contributed by atoms with van der Waals surface area (Å²) in [5.41, 5.74) is 2.48. The first-order chi connectivity index (χ1) is 8.49. The second-order valence-electron chi connectivity index (χ2n) is 4.87. The molecule has 0 aliphatic carbocycles. The zero-order valence-corrected chi connectivity index (χ0v) is 11.7. The maximum absolute atomic E-state index is 9.21. The normalized spacial score (nSPS) is 12.3. The molecule has 4 nitrogen and oxygen atoms in total. The highest BCUT2D eigenvalue weighted by molar-refractivity contribution is 5.56. The van der Waals surface area contributed by atoms with Crippen LogP contribution >= 0.6 is 0 Å². The van der Waals surface area contributed by atoms with Gasteiger partial charge in [-0.1, -0.05) is 13.8 Å². The van der Waals surface area contributed by atoms with E-state index in [0.29, 0.717) is 23.9 Å². The van der Waals surface area contributed by atoms with Crippen LogP contribution in [0.4, 0.5) is 5.82 Å². The SMILES string of the molecule is COCC(Nc1nc(C)cc(C)c1C#N)C(C)C. The monoisotopic (exact) mass is 247 g/mol. The molecule has 0 bridgehead atoms. The molecule has 1 unspecified atom stereocenters. The first-order valence-corrected chi connectivity index (χ1v) is 6.13. The van der Waals surface area contributed by atoms with E-state index >= 15 is 0 Å². The van der Waals surface area contributed by atoms with Gasteiger partial charge in [-0.05, 0) is 31.4 Å². The van der Waals surface area contributed by atoms with Crippen molar-refractivity contribution in [3.8, 4) is 6.07 Å². The van der Waals surface area contributed by atoms with Gasteiger partial charge in [-0.3, -0.25) is 0 Å². The van der Waals surface area contributed by atoms with Crippen LogP contribution in [0.15, 0.2) is 6.07 Å². The summed E-state index contributed by atoms with van der Waals surface area (Å²) in [7, 11) is 1.68. The third-order valence-corrected chi connectivity index (χ3v) is 2.93. The van der Waals surface area contributed by atoms with Crippen molar-refractivity contribution in [2.75, 3.05) is 19.0 Å². The van der Waals surface area contributed by atoms with Crippen LogP contribution in [0, 0.1) is 31.1 Å². The third-order valence-electron chi connectivity index (χ3n) is 2.93. The van der Waals surface area contributed by atoms with Crippen molar-refractivity contribution in [2.24, 2.45) is 5.92 Å². The fourth-order valence-corrected chi connectivity index (χ4v) is 1.84. The first kappa shape index (κ1) is 14.5. The Labute approximate surface area is 109 Å². The average molecular weight is 247 g/mol. The number of hydrogen-bond acceptors (Lipinski definition) is 4. The van der Waals surface area contributed by atoms with Crippen LogP contribution in [0.25, 0.3) is 0 Å². The van der Waals surface area contributed by atoms with Gasteiger partial charge >= 0.3 is 0 Å². The predicted octanol–water partition coefficient (Wildman–Crippen LogP) is 2.65. The number of hydrogen-bond donors (Lipinski definition) is 1. The van der Waals surface area contributed by atoms with Gasteiger partial charge in [0.05, 0.1) is 18.2 Å². The lowest BCUT2D eigenvalue weighted by atomic mass is 10.0. The van der Waals surface area contributed by atoms with Crippen LogP contribution in [0.3, 0.4) is 0 Å². The number of nitriles is 1. The van der Waals surface area contributed by atoms with Gasteiger partial charge in [-0.15, -0.1) is 0 Å². The van der Waals surface area contributed by atoms with E-state index in [9.17, 15) is 5.26 Å². The Balaban J connectivity index is 3.05. The Kier molecular flexibility index (Phi) is 5.11. The highest BCUT2D eigenvalue weighted by Gasteiger charge is 2.16. The molecular formula is C14H21N3O. The molecule has 4 heteroatoms. The zero-order chi connectivity index (χ0) is 13.7. The molecule has 0 saturated carbocycles. The number of aryl methyl sites for hydroxylation is 2. The Morgan fingerprint density at radius 3 is 2.61 bits per heavy atom. The van der Waals surface area contributed by atoms with Gasteiger partial charge in [0.15, 0.2) is 0 Å². The quantitative estimate of drug-likeness (QED) is 0.869. The van der Waals surface area contributed by atoms with Gasteiger partial charge in [-0.25, -0.2) is 4.98 Å². The smallest absolute Gasteiger partial charge is 0.144 e. The molecule has 18 heavy (non-hydrogen) atoms. The van der Waals surface area contributed by atoms with Crippen molar-refractivity contribution in [2.45, 2.75) is 33.7 Å². The highest BCUT2D eigenvalue weighted by Crippen LogP contribution is 2.20. The van der Waals surface area contributed by atoms with E-state index in [1.807, 2.05) is 19.9 Å². The van der Waals surface area contributed by atoms with Gasteiger partial charge < -0.3 is 10.1 Å². The van der Waals surface area contributed by atoms with Gasteiger partial charge in [0.1, 0.15) is 11.9 Å². The van der Waals surface area contributed by atoms with Crippen LogP contribution in [-0.4, -0.2) is 24.7 Å². The Hall–Kier alpha value is -1.60. The zero-order valence-electron chi connectivity index (χ0n) is 11.7. The van der Waals surface area contributed by atoms with Crippen molar-refractivity contribution in [1.82, 2.24) is 4.98 Å². The van der Waals surface area contributed by atoms with E-state index in [-0.39, 0.29) is 6.04 Å². The van der Waals surface area contributed by atoms with Crippen molar-refractivity contribution in [3.05, 3.63) is 22.9 Å². The number of nitrogens with zero attached hydrogens (tertiary/aromatic N) is 2. The molecule has 1 atom stereocenters. The standard InChI is InChI=1S/C14H21N3O/c1-9(2)13(8-18-5)17-14-12(7-15)10(3)6-11(4)16-14/h6,9,13H,8H2,1-5H3,(H,16,17). The molecular weight excluding hydrogens is 226 g/mol. The maximum atomic E-state index is 9.21. The molecule has 0 saturated heterocycles. The highest BCUT2D eigenvalue weighted by atomic mass is 16.5. The Bertz CT molecular complexity index is 449. The number of anilines is 1. The van der Waals surface area contributed by atoms with E-state index in [2.05, 4.69) is 30.2 Å². The van der Waals surface area contributed by atoms with E-state index in [1.54, 1.807) is 7.11 Å². The second-order valence-corrected chi connectivity index (χ2v) is 4.87. The summed E-state index contributed by atoms with van der Waals surface area (Å²) >= 11 is 0. The van der Waals surface area contributed by atoms with Crippen molar-refractivity contribution in [3.63, 3.8) is 0 Å². The van der Waals surface area contributed by atoms with Crippen molar-refractivity contribution in [1.29, 1.82) is 5.26 Å². The number of aromatic nitrogens is 1. The lowest BCUT2D eigenvalue weighted by molar-refractivity contribution is 0.171.